The van der Waals surface area contributed by atoms with Crippen LogP contribution in [0.25, 0.3) is 10.6 Å². The first-order valence-corrected chi connectivity index (χ1v) is 5.60. The zero-order chi connectivity index (χ0) is 10.8. The van der Waals surface area contributed by atoms with Gasteiger partial charge in [-0.05, 0) is 12.1 Å². The molecule has 74 valence electrons. The lowest BCUT2D eigenvalue weighted by Gasteiger charge is -1.94. The van der Waals surface area contributed by atoms with Gasteiger partial charge in [-0.1, -0.05) is 35.3 Å². The first-order chi connectivity index (χ1) is 7.20. The van der Waals surface area contributed by atoms with E-state index in [1.807, 2.05) is 18.2 Å². The Morgan fingerprint density at radius 1 is 1.20 bits per heavy atom. The van der Waals surface area contributed by atoms with Crippen LogP contribution in [-0.4, -0.2) is 4.98 Å². The predicted molar refractivity (Wildman–Crippen MR) is 62.3 cm³/mol. The van der Waals surface area contributed by atoms with Gasteiger partial charge >= 0.3 is 0 Å². The highest BCUT2D eigenvalue weighted by Crippen LogP contribution is 2.30. The second-order valence-electron chi connectivity index (χ2n) is 2.76. The third-order valence-corrected chi connectivity index (χ3v) is 3.43. The second kappa shape index (κ2) is 4.19. The van der Waals surface area contributed by atoms with Gasteiger partial charge in [-0.15, -0.1) is 11.3 Å². The van der Waals surface area contributed by atoms with Crippen molar-refractivity contribution >= 4 is 34.5 Å². The molecular weight excluding hydrogens is 251 g/mol. The van der Waals surface area contributed by atoms with Crippen LogP contribution in [0.15, 0.2) is 24.3 Å². The van der Waals surface area contributed by atoms with Crippen LogP contribution in [0.1, 0.15) is 4.88 Å². The zero-order valence-electron chi connectivity index (χ0n) is 7.37. The van der Waals surface area contributed by atoms with Gasteiger partial charge in [0.25, 0.3) is 0 Å². The largest absolute Gasteiger partial charge is 0.223 e. The van der Waals surface area contributed by atoms with Crippen LogP contribution in [-0.2, 0) is 0 Å². The van der Waals surface area contributed by atoms with Gasteiger partial charge < -0.3 is 0 Å². The summed E-state index contributed by atoms with van der Waals surface area (Å²) in [7, 11) is 0. The van der Waals surface area contributed by atoms with Crippen molar-refractivity contribution < 1.29 is 0 Å². The van der Waals surface area contributed by atoms with Crippen LogP contribution in [0.2, 0.25) is 10.2 Å². The summed E-state index contributed by atoms with van der Waals surface area (Å²) in [6.07, 6.45) is 0. The highest BCUT2D eigenvalue weighted by molar-refractivity contribution is 7.16. The van der Waals surface area contributed by atoms with Crippen LogP contribution in [0, 0.1) is 11.3 Å². The fourth-order valence-electron chi connectivity index (χ4n) is 1.09. The number of rotatable bonds is 1. The molecular formula is C10H4Cl2N2S. The molecule has 15 heavy (non-hydrogen) atoms. The molecule has 0 fully saturated rings. The number of hydrogen-bond donors (Lipinski definition) is 0. The van der Waals surface area contributed by atoms with Crippen molar-refractivity contribution in [2.45, 2.75) is 0 Å². The lowest BCUT2D eigenvalue weighted by atomic mass is 10.2. The number of hydrogen-bond acceptors (Lipinski definition) is 3. The summed E-state index contributed by atoms with van der Waals surface area (Å²) >= 11 is 12.8. The SMILES string of the molecule is N#Cc1sc(-c2ccc(Cl)cc2)nc1Cl. The van der Waals surface area contributed by atoms with E-state index in [2.05, 4.69) is 4.98 Å². The fraction of sp³-hybridized carbons (Fsp3) is 0. The molecule has 0 amide bonds. The van der Waals surface area contributed by atoms with Crippen LogP contribution in [0.3, 0.4) is 0 Å². The van der Waals surface area contributed by atoms with Crippen LogP contribution >= 0.6 is 34.5 Å². The van der Waals surface area contributed by atoms with Crippen molar-refractivity contribution in [2.24, 2.45) is 0 Å². The smallest absolute Gasteiger partial charge is 0.158 e. The van der Waals surface area contributed by atoms with Crippen molar-refractivity contribution in [1.29, 1.82) is 5.26 Å². The maximum absolute atomic E-state index is 8.74. The first kappa shape index (κ1) is 10.4. The summed E-state index contributed by atoms with van der Waals surface area (Å²) in [5.74, 6) is 0. The van der Waals surface area contributed by atoms with Crippen molar-refractivity contribution in [3.63, 3.8) is 0 Å². The van der Waals surface area contributed by atoms with Gasteiger partial charge in [0, 0.05) is 10.6 Å². The van der Waals surface area contributed by atoms with Gasteiger partial charge in [0.1, 0.15) is 16.0 Å². The van der Waals surface area contributed by atoms with Gasteiger partial charge in [0.15, 0.2) is 5.15 Å². The molecule has 0 aliphatic carbocycles. The Morgan fingerprint density at radius 2 is 1.87 bits per heavy atom. The summed E-state index contributed by atoms with van der Waals surface area (Å²) in [6, 6.07) is 9.24. The summed E-state index contributed by atoms with van der Waals surface area (Å²) in [5.41, 5.74) is 0.910. The summed E-state index contributed by atoms with van der Waals surface area (Å²) in [5, 5.41) is 10.4. The minimum atomic E-state index is 0.257. The van der Waals surface area contributed by atoms with Gasteiger partial charge in [0.05, 0.1) is 0 Å². The Kier molecular flexibility index (Phi) is 2.92. The number of thiazole rings is 1. The number of halogens is 2. The topological polar surface area (TPSA) is 36.7 Å². The Labute approximate surface area is 101 Å². The summed E-state index contributed by atoms with van der Waals surface area (Å²) < 4.78 is 0. The second-order valence-corrected chi connectivity index (χ2v) is 4.55. The van der Waals surface area contributed by atoms with E-state index in [-0.39, 0.29) is 5.15 Å². The summed E-state index contributed by atoms with van der Waals surface area (Å²) in [6.45, 7) is 0. The van der Waals surface area contributed by atoms with E-state index in [0.717, 1.165) is 10.6 Å². The molecule has 2 nitrogen and oxygen atoms in total. The highest BCUT2D eigenvalue weighted by Gasteiger charge is 2.09. The quantitative estimate of drug-likeness (QED) is 0.772. The Balaban J connectivity index is 2.46. The average Bonchev–Trinajstić information content (AvgIpc) is 2.61. The predicted octanol–water partition coefficient (Wildman–Crippen LogP) is 3.99. The van der Waals surface area contributed by atoms with Crippen molar-refractivity contribution in [3.8, 4) is 16.6 Å². The monoisotopic (exact) mass is 254 g/mol. The first-order valence-electron chi connectivity index (χ1n) is 4.03. The molecule has 2 aromatic rings. The molecule has 0 saturated carbocycles. The standard InChI is InChI=1S/C10H4Cl2N2S/c11-7-3-1-6(2-4-7)10-14-9(12)8(5-13)15-10/h1-4H. The van der Waals surface area contributed by atoms with E-state index in [0.29, 0.717) is 9.90 Å². The Morgan fingerprint density at radius 3 is 2.40 bits per heavy atom. The molecule has 0 aliphatic rings. The minimum Gasteiger partial charge on any atom is -0.223 e. The summed E-state index contributed by atoms with van der Waals surface area (Å²) in [4.78, 5) is 4.53. The van der Waals surface area contributed by atoms with Crippen molar-refractivity contribution in [1.82, 2.24) is 4.98 Å². The van der Waals surface area contributed by atoms with Crippen LogP contribution < -0.4 is 0 Å². The van der Waals surface area contributed by atoms with E-state index in [1.54, 1.807) is 12.1 Å². The van der Waals surface area contributed by atoms with E-state index in [4.69, 9.17) is 28.5 Å². The molecule has 0 spiro atoms. The van der Waals surface area contributed by atoms with Crippen LogP contribution in [0.4, 0.5) is 0 Å². The average molecular weight is 255 g/mol. The van der Waals surface area contributed by atoms with Crippen molar-refractivity contribution in [2.75, 3.05) is 0 Å². The molecule has 1 heterocycles. The molecule has 5 heteroatoms. The van der Waals surface area contributed by atoms with E-state index in [9.17, 15) is 0 Å². The third-order valence-electron chi connectivity index (χ3n) is 1.78. The number of nitriles is 1. The highest BCUT2D eigenvalue weighted by atomic mass is 35.5. The molecule has 2 rings (SSSR count). The minimum absolute atomic E-state index is 0.257. The molecule has 0 saturated heterocycles. The van der Waals surface area contributed by atoms with Gasteiger partial charge in [-0.25, -0.2) is 4.98 Å². The lowest BCUT2D eigenvalue weighted by Crippen LogP contribution is -1.74. The molecule has 0 aliphatic heterocycles. The maximum atomic E-state index is 8.74. The number of nitrogens with zero attached hydrogens (tertiary/aromatic N) is 2. The van der Waals surface area contributed by atoms with E-state index >= 15 is 0 Å². The maximum Gasteiger partial charge on any atom is 0.158 e. The van der Waals surface area contributed by atoms with Gasteiger partial charge in [-0.3, -0.25) is 0 Å². The van der Waals surface area contributed by atoms with Crippen LogP contribution in [0.5, 0.6) is 0 Å². The Hall–Kier alpha value is -1.08. The third kappa shape index (κ3) is 2.13. The van der Waals surface area contributed by atoms with E-state index < -0.39 is 0 Å². The lowest BCUT2D eigenvalue weighted by molar-refractivity contribution is 1.40. The molecule has 1 aromatic heterocycles. The van der Waals surface area contributed by atoms with Gasteiger partial charge in [0.2, 0.25) is 0 Å². The zero-order valence-corrected chi connectivity index (χ0v) is 9.70. The molecule has 1 aromatic carbocycles. The number of benzene rings is 1. The molecule has 0 atom stereocenters. The fourth-order valence-corrected chi connectivity index (χ4v) is 2.26. The molecule has 0 unspecified atom stereocenters. The van der Waals surface area contributed by atoms with Crippen molar-refractivity contribution in [3.05, 3.63) is 39.3 Å². The van der Waals surface area contributed by atoms with Gasteiger partial charge in [-0.2, -0.15) is 5.26 Å². The molecule has 0 radical (unpaired) electrons. The number of aromatic nitrogens is 1. The molecule has 0 bridgehead atoms. The Bertz CT molecular complexity index is 525. The molecule has 0 N–H and O–H groups in total. The normalized spacial score (nSPS) is 9.93. The van der Waals surface area contributed by atoms with E-state index in [1.165, 1.54) is 11.3 Å².